The fourth-order valence-electron chi connectivity index (χ4n) is 9.74. The number of rotatable bonds is 21. The lowest BCUT2D eigenvalue weighted by Gasteiger charge is -2.49. The molecule has 3 rings (SSSR count). The van der Waals surface area contributed by atoms with Crippen LogP contribution in [0.5, 0.6) is 0 Å². The predicted octanol–water partition coefficient (Wildman–Crippen LogP) is 10.0. The second-order valence-corrected chi connectivity index (χ2v) is 16.0. The maximum absolute atomic E-state index is 12.0. The first-order chi connectivity index (χ1) is 23.2. The van der Waals surface area contributed by atoms with Gasteiger partial charge in [-0.05, 0) is 138 Å². The molecule has 0 aromatic heterocycles. The Morgan fingerprint density at radius 1 is 0.646 bits per heavy atom. The number of hydrogen-bond acceptors (Lipinski definition) is 6. The third kappa shape index (κ3) is 13.2. The van der Waals surface area contributed by atoms with Crippen molar-refractivity contribution in [3.05, 3.63) is 24.3 Å². The Balaban J connectivity index is 1.68. The Bertz CT molecular complexity index is 923. The van der Waals surface area contributed by atoms with Crippen LogP contribution in [0.1, 0.15) is 150 Å². The fraction of sp³-hybridized carbons (Fsp3) is 0.857. The molecular weight excluding hydrogens is 600 g/mol. The molecule has 3 aliphatic rings. The molecule has 3 fully saturated rings. The molecule has 0 aromatic carbocycles. The maximum atomic E-state index is 12.0. The third-order valence-electron chi connectivity index (χ3n) is 12.3. The zero-order chi connectivity index (χ0) is 34.9. The first kappa shape index (κ1) is 40.8. The van der Waals surface area contributed by atoms with Crippen molar-refractivity contribution in [2.45, 2.75) is 156 Å². The highest BCUT2D eigenvalue weighted by Gasteiger charge is 2.44. The summed E-state index contributed by atoms with van der Waals surface area (Å²) in [6, 6.07) is 0. The average molecular weight is 673 g/mol. The molecule has 3 aliphatic carbocycles. The first-order valence-electron chi connectivity index (χ1n) is 20.1. The van der Waals surface area contributed by atoms with E-state index in [2.05, 4.69) is 27.0 Å². The topological polar surface area (TPSA) is 82.1 Å². The summed E-state index contributed by atoms with van der Waals surface area (Å²) in [6.07, 6.45) is 23.4. The minimum atomic E-state index is -0.318. The van der Waals surface area contributed by atoms with E-state index < -0.39 is 0 Å². The van der Waals surface area contributed by atoms with Gasteiger partial charge in [0.2, 0.25) is 0 Å². The average Bonchev–Trinajstić information content (AvgIpc) is 3.09. The minimum Gasteiger partial charge on any atom is -0.462 e. The van der Waals surface area contributed by atoms with Crippen LogP contribution in [0.25, 0.3) is 0 Å². The highest BCUT2D eigenvalue weighted by atomic mass is 16.5. The summed E-state index contributed by atoms with van der Waals surface area (Å²) in [5.41, 5.74) is 0.873. The maximum Gasteiger partial charge on any atom is 0.333 e. The van der Waals surface area contributed by atoms with Gasteiger partial charge in [0, 0.05) is 24.4 Å². The summed E-state index contributed by atoms with van der Waals surface area (Å²) in [5, 5.41) is 9.52. The molecule has 6 nitrogen and oxygen atoms in total. The number of aliphatic hydroxyl groups is 1. The van der Waals surface area contributed by atoms with Gasteiger partial charge in [0.15, 0.2) is 0 Å². The van der Waals surface area contributed by atoms with Gasteiger partial charge in [0.05, 0.1) is 19.3 Å². The summed E-state index contributed by atoms with van der Waals surface area (Å²) >= 11 is 0. The zero-order valence-electron chi connectivity index (χ0n) is 31.4. The van der Waals surface area contributed by atoms with Gasteiger partial charge in [-0.1, -0.05) is 72.0 Å². The molecule has 3 saturated carbocycles. The number of aliphatic hydroxyl groups excluding tert-OH is 1. The van der Waals surface area contributed by atoms with Gasteiger partial charge < -0.3 is 19.3 Å². The molecular formula is C42H72O6. The molecule has 0 aromatic rings. The van der Waals surface area contributed by atoms with E-state index in [0.29, 0.717) is 55.1 Å². The number of unbranched alkanes of at least 4 members (excludes halogenated alkanes) is 2. The summed E-state index contributed by atoms with van der Waals surface area (Å²) in [7, 11) is 0. The van der Waals surface area contributed by atoms with Crippen LogP contribution in [-0.4, -0.2) is 49.6 Å². The van der Waals surface area contributed by atoms with Crippen LogP contribution >= 0.6 is 0 Å². The molecule has 0 amide bonds. The summed E-state index contributed by atoms with van der Waals surface area (Å²) < 4.78 is 17.6. The fourth-order valence-corrected chi connectivity index (χ4v) is 9.74. The van der Waals surface area contributed by atoms with E-state index in [9.17, 15) is 14.7 Å². The van der Waals surface area contributed by atoms with Crippen LogP contribution in [0.2, 0.25) is 0 Å². The zero-order valence-corrected chi connectivity index (χ0v) is 31.4. The second kappa shape index (κ2) is 22.2. The van der Waals surface area contributed by atoms with Gasteiger partial charge in [0.25, 0.3) is 0 Å². The molecule has 48 heavy (non-hydrogen) atoms. The number of esters is 2. The second-order valence-electron chi connectivity index (χ2n) is 16.0. The number of carbonyl (C=O) groups excluding carboxylic acids is 2. The molecule has 0 bridgehead atoms. The van der Waals surface area contributed by atoms with Crippen molar-refractivity contribution >= 4 is 11.9 Å². The molecule has 5 unspecified atom stereocenters. The predicted molar refractivity (Wildman–Crippen MR) is 195 cm³/mol. The molecule has 0 spiro atoms. The van der Waals surface area contributed by atoms with Crippen LogP contribution < -0.4 is 0 Å². The van der Waals surface area contributed by atoms with Crippen molar-refractivity contribution in [3.8, 4) is 0 Å². The largest absolute Gasteiger partial charge is 0.462 e. The van der Waals surface area contributed by atoms with E-state index in [4.69, 9.17) is 14.2 Å². The molecule has 6 heteroatoms. The number of ether oxygens (including phenoxy) is 3. The lowest BCUT2D eigenvalue weighted by atomic mass is 9.58. The van der Waals surface area contributed by atoms with Crippen molar-refractivity contribution in [1.82, 2.24) is 0 Å². The van der Waals surface area contributed by atoms with E-state index in [-0.39, 0.29) is 24.6 Å². The van der Waals surface area contributed by atoms with Crippen LogP contribution in [0, 0.1) is 47.3 Å². The smallest absolute Gasteiger partial charge is 0.333 e. The monoisotopic (exact) mass is 673 g/mol. The summed E-state index contributed by atoms with van der Waals surface area (Å²) in [5.74, 6) is 5.14. The third-order valence-corrected chi connectivity index (χ3v) is 12.3. The van der Waals surface area contributed by atoms with Gasteiger partial charge in [-0.2, -0.15) is 0 Å². The Labute approximate surface area is 294 Å². The van der Waals surface area contributed by atoms with Crippen molar-refractivity contribution < 1.29 is 28.9 Å². The van der Waals surface area contributed by atoms with E-state index in [1.807, 2.05) is 0 Å². The van der Waals surface area contributed by atoms with Crippen LogP contribution in [-0.2, 0) is 23.8 Å². The van der Waals surface area contributed by atoms with Gasteiger partial charge in [0.1, 0.15) is 0 Å². The van der Waals surface area contributed by atoms with Gasteiger partial charge in [-0.25, -0.2) is 9.59 Å². The highest BCUT2D eigenvalue weighted by Crippen LogP contribution is 2.52. The standard InChI is InChI=1S/C42H72O6/c1-7-9-10-14-32-17-19-34(20-18-32)35-21-22-39(33(8-2)27-35)38-28-36(15-11-24-47-41(44)30(3)4)40(46-26-13-23-43)37(29-38)16-12-25-48-42(45)31(5)6/h32-40,43H,3,5,7-29H2,1-2,4,6H3. The Morgan fingerprint density at radius 3 is 1.73 bits per heavy atom. The molecule has 0 heterocycles. The van der Waals surface area contributed by atoms with Crippen molar-refractivity contribution in [3.63, 3.8) is 0 Å². The molecule has 276 valence electrons. The Kier molecular flexibility index (Phi) is 18.9. The Hall–Kier alpha value is -1.66. The van der Waals surface area contributed by atoms with E-state index >= 15 is 0 Å². The normalized spacial score (nSPS) is 30.8. The van der Waals surface area contributed by atoms with E-state index in [1.165, 1.54) is 77.0 Å². The lowest BCUT2D eigenvalue weighted by molar-refractivity contribution is -0.139. The lowest BCUT2D eigenvalue weighted by Crippen LogP contribution is -2.44. The van der Waals surface area contributed by atoms with Gasteiger partial charge in [-0.15, -0.1) is 0 Å². The van der Waals surface area contributed by atoms with Gasteiger partial charge >= 0.3 is 11.9 Å². The number of carbonyl (C=O) groups is 2. The van der Waals surface area contributed by atoms with E-state index in [0.717, 1.165) is 68.1 Å². The summed E-state index contributed by atoms with van der Waals surface area (Å²) in [4.78, 5) is 24.1. The Morgan fingerprint density at radius 2 is 1.21 bits per heavy atom. The SMILES string of the molecule is C=C(C)C(=O)OCCCC1CC(C2CCC(C3CCC(CCCCC)CC3)CC2CC)CC(CCCOC(=O)C(=C)C)C1OCCCO. The highest BCUT2D eigenvalue weighted by molar-refractivity contribution is 5.87. The summed E-state index contributed by atoms with van der Waals surface area (Å²) in [6.45, 7) is 17.0. The van der Waals surface area contributed by atoms with Crippen LogP contribution in [0.4, 0.5) is 0 Å². The van der Waals surface area contributed by atoms with Crippen molar-refractivity contribution in [1.29, 1.82) is 0 Å². The van der Waals surface area contributed by atoms with Gasteiger partial charge in [-0.3, -0.25) is 0 Å². The molecule has 0 saturated heterocycles. The van der Waals surface area contributed by atoms with Crippen LogP contribution in [0.15, 0.2) is 24.3 Å². The quantitative estimate of drug-likeness (QED) is 0.0743. The van der Waals surface area contributed by atoms with Crippen LogP contribution in [0.3, 0.4) is 0 Å². The molecule has 5 atom stereocenters. The molecule has 1 N–H and O–H groups in total. The first-order valence-corrected chi connectivity index (χ1v) is 20.1. The van der Waals surface area contributed by atoms with Crippen molar-refractivity contribution in [2.75, 3.05) is 26.4 Å². The minimum absolute atomic E-state index is 0.102. The number of hydrogen-bond donors (Lipinski definition) is 1. The van der Waals surface area contributed by atoms with E-state index in [1.54, 1.807) is 13.8 Å². The van der Waals surface area contributed by atoms with Crippen molar-refractivity contribution in [2.24, 2.45) is 47.3 Å². The molecule has 0 aliphatic heterocycles. The molecule has 0 radical (unpaired) electrons.